The lowest BCUT2D eigenvalue weighted by molar-refractivity contribution is 0.604. The monoisotopic (exact) mass is 311 g/mol. The predicted octanol–water partition coefficient (Wildman–Crippen LogP) is 2.00. The number of nitrogens with zero attached hydrogens (tertiary/aromatic N) is 3. The van der Waals surface area contributed by atoms with Gasteiger partial charge in [0.25, 0.3) is 0 Å². The summed E-state index contributed by atoms with van der Waals surface area (Å²) in [6.45, 7) is 0.919. The van der Waals surface area contributed by atoms with Gasteiger partial charge in [0.05, 0.1) is 11.6 Å². The molecule has 2 aromatic rings. The number of halogens is 1. The highest BCUT2D eigenvalue weighted by atomic mass is 19.1. The summed E-state index contributed by atoms with van der Waals surface area (Å²) in [6.07, 6.45) is 2.52. The van der Waals surface area contributed by atoms with Crippen LogP contribution in [-0.4, -0.2) is 24.5 Å². The van der Waals surface area contributed by atoms with E-state index in [1.54, 1.807) is 13.2 Å². The molecule has 118 valence electrons. The van der Waals surface area contributed by atoms with E-state index in [2.05, 4.69) is 20.6 Å². The van der Waals surface area contributed by atoms with Crippen molar-refractivity contribution in [1.29, 1.82) is 5.26 Å². The van der Waals surface area contributed by atoms with Gasteiger partial charge in [-0.05, 0) is 30.3 Å². The number of pyridine rings is 1. The molecular weight excluding hydrogens is 293 g/mol. The zero-order chi connectivity index (χ0) is 16.5. The molecule has 5 nitrogen and oxygen atoms in total. The first kappa shape index (κ1) is 16.4. The first-order valence-electron chi connectivity index (χ1n) is 7.26. The molecule has 0 spiro atoms. The van der Waals surface area contributed by atoms with Crippen LogP contribution in [0.5, 0.6) is 0 Å². The number of rotatable bonds is 5. The number of aliphatic imine (C=N–C) groups is 1. The second-order valence-electron chi connectivity index (χ2n) is 4.84. The Morgan fingerprint density at radius 1 is 1.30 bits per heavy atom. The minimum Gasteiger partial charge on any atom is -0.356 e. The molecule has 0 aliphatic heterocycles. The minimum absolute atomic E-state index is 0.255. The lowest BCUT2D eigenvalue weighted by Crippen LogP contribution is -2.38. The van der Waals surface area contributed by atoms with E-state index in [0.717, 1.165) is 12.1 Å². The number of nitrogens with one attached hydrogen (secondary N) is 2. The average Bonchev–Trinajstić information content (AvgIpc) is 2.60. The third kappa shape index (κ3) is 5.08. The molecule has 0 fully saturated rings. The van der Waals surface area contributed by atoms with Crippen molar-refractivity contribution in [3.05, 3.63) is 65.2 Å². The van der Waals surface area contributed by atoms with Crippen LogP contribution < -0.4 is 10.6 Å². The van der Waals surface area contributed by atoms with Gasteiger partial charge in [-0.25, -0.2) is 4.39 Å². The number of hydrogen-bond donors (Lipinski definition) is 2. The Morgan fingerprint density at radius 2 is 2.17 bits per heavy atom. The highest BCUT2D eigenvalue weighted by Crippen LogP contribution is 2.09. The van der Waals surface area contributed by atoms with Gasteiger partial charge in [0.15, 0.2) is 5.96 Å². The van der Waals surface area contributed by atoms with Gasteiger partial charge in [0, 0.05) is 44.0 Å². The van der Waals surface area contributed by atoms with Gasteiger partial charge in [-0.3, -0.25) is 9.98 Å². The standard InChI is InChI=1S/C17H18FN5/c1-20-17(22-9-7-15-4-2-3-8-21-15)23-12-14-10-13(11-19)5-6-16(14)18/h2-6,8,10H,7,9,12H2,1H3,(H2,20,22,23). The van der Waals surface area contributed by atoms with E-state index in [1.165, 1.54) is 18.2 Å². The SMILES string of the molecule is CN=C(NCCc1ccccn1)NCc1cc(C#N)ccc1F. The van der Waals surface area contributed by atoms with Crippen LogP contribution in [0.25, 0.3) is 0 Å². The molecule has 0 unspecified atom stereocenters. The smallest absolute Gasteiger partial charge is 0.191 e. The van der Waals surface area contributed by atoms with E-state index in [1.807, 2.05) is 24.3 Å². The summed E-state index contributed by atoms with van der Waals surface area (Å²) in [5.41, 5.74) is 1.85. The maximum Gasteiger partial charge on any atom is 0.191 e. The summed E-state index contributed by atoms with van der Waals surface area (Å²) in [6, 6.07) is 12.1. The normalized spacial score (nSPS) is 10.9. The van der Waals surface area contributed by atoms with Gasteiger partial charge in [-0.2, -0.15) is 5.26 Å². The molecule has 23 heavy (non-hydrogen) atoms. The van der Waals surface area contributed by atoms with E-state index in [-0.39, 0.29) is 12.4 Å². The van der Waals surface area contributed by atoms with Gasteiger partial charge < -0.3 is 10.6 Å². The summed E-state index contributed by atoms with van der Waals surface area (Å²) in [5, 5.41) is 15.0. The summed E-state index contributed by atoms with van der Waals surface area (Å²) in [7, 11) is 1.65. The molecule has 0 bridgehead atoms. The minimum atomic E-state index is -0.347. The van der Waals surface area contributed by atoms with Crippen molar-refractivity contribution in [2.24, 2.45) is 4.99 Å². The second kappa shape index (κ2) is 8.49. The molecule has 6 heteroatoms. The quantitative estimate of drug-likeness (QED) is 0.654. The highest BCUT2D eigenvalue weighted by molar-refractivity contribution is 5.79. The van der Waals surface area contributed by atoms with Crippen molar-refractivity contribution in [1.82, 2.24) is 15.6 Å². The van der Waals surface area contributed by atoms with E-state index < -0.39 is 0 Å². The number of aromatic nitrogens is 1. The number of hydrogen-bond acceptors (Lipinski definition) is 3. The molecule has 0 atom stereocenters. The van der Waals surface area contributed by atoms with Crippen LogP contribution in [0.1, 0.15) is 16.8 Å². The number of guanidine groups is 1. The van der Waals surface area contributed by atoms with Crippen LogP contribution in [-0.2, 0) is 13.0 Å². The maximum absolute atomic E-state index is 13.7. The van der Waals surface area contributed by atoms with Crippen molar-refractivity contribution in [2.45, 2.75) is 13.0 Å². The van der Waals surface area contributed by atoms with Gasteiger partial charge in [-0.15, -0.1) is 0 Å². The van der Waals surface area contributed by atoms with Crippen molar-refractivity contribution >= 4 is 5.96 Å². The van der Waals surface area contributed by atoms with Crippen LogP contribution >= 0.6 is 0 Å². The molecule has 0 radical (unpaired) electrons. The van der Waals surface area contributed by atoms with Crippen molar-refractivity contribution < 1.29 is 4.39 Å². The molecule has 0 aliphatic carbocycles. The fourth-order valence-electron chi connectivity index (χ4n) is 2.03. The highest BCUT2D eigenvalue weighted by Gasteiger charge is 2.05. The van der Waals surface area contributed by atoms with Crippen LogP contribution in [0.3, 0.4) is 0 Å². The topological polar surface area (TPSA) is 73.1 Å². The Morgan fingerprint density at radius 3 is 2.87 bits per heavy atom. The average molecular weight is 311 g/mol. The lowest BCUT2D eigenvalue weighted by atomic mass is 10.1. The van der Waals surface area contributed by atoms with Gasteiger partial charge in [0.1, 0.15) is 5.82 Å². The second-order valence-corrected chi connectivity index (χ2v) is 4.84. The third-order valence-corrected chi connectivity index (χ3v) is 3.24. The molecule has 1 heterocycles. The molecule has 0 aliphatic rings. The van der Waals surface area contributed by atoms with Crippen LogP contribution in [0.4, 0.5) is 4.39 Å². The van der Waals surface area contributed by atoms with Gasteiger partial charge in [0.2, 0.25) is 0 Å². The number of benzene rings is 1. The first-order chi connectivity index (χ1) is 11.2. The largest absolute Gasteiger partial charge is 0.356 e. The summed E-state index contributed by atoms with van der Waals surface area (Å²) in [4.78, 5) is 8.34. The van der Waals surface area contributed by atoms with Crippen LogP contribution in [0, 0.1) is 17.1 Å². The molecule has 0 saturated heterocycles. The first-order valence-corrected chi connectivity index (χ1v) is 7.26. The summed E-state index contributed by atoms with van der Waals surface area (Å²) < 4.78 is 13.7. The van der Waals surface area contributed by atoms with E-state index in [4.69, 9.17) is 5.26 Å². The Kier molecular flexibility index (Phi) is 6.07. The summed E-state index contributed by atoms with van der Waals surface area (Å²) >= 11 is 0. The fourth-order valence-corrected chi connectivity index (χ4v) is 2.03. The zero-order valence-corrected chi connectivity index (χ0v) is 12.9. The Bertz CT molecular complexity index is 707. The van der Waals surface area contributed by atoms with Gasteiger partial charge >= 0.3 is 0 Å². The van der Waals surface area contributed by atoms with Crippen molar-refractivity contribution in [3.8, 4) is 6.07 Å². The predicted molar refractivity (Wildman–Crippen MR) is 87.3 cm³/mol. The van der Waals surface area contributed by atoms with Crippen molar-refractivity contribution in [3.63, 3.8) is 0 Å². The zero-order valence-electron chi connectivity index (χ0n) is 12.9. The Balaban J connectivity index is 1.85. The third-order valence-electron chi connectivity index (χ3n) is 3.24. The Hall–Kier alpha value is -2.94. The molecule has 0 amide bonds. The molecule has 0 saturated carbocycles. The molecule has 2 N–H and O–H groups in total. The van der Waals surface area contributed by atoms with E-state index in [0.29, 0.717) is 23.6 Å². The number of nitriles is 1. The van der Waals surface area contributed by atoms with E-state index >= 15 is 0 Å². The van der Waals surface area contributed by atoms with Crippen LogP contribution in [0.2, 0.25) is 0 Å². The van der Waals surface area contributed by atoms with Gasteiger partial charge in [-0.1, -0.05) is 6.07 Å². The Labute approximate surface area is 134 Å². The lowest BCUT2D eigenvalue weighted by Gasteiger charge is -2.12. The molecular formula is C17H18FN5. The fraction of sp³-hybridized carbons (Fsp3) is 0.235. The summed E-state index contributed by atoms with van der Waals surface area (Å²) in [5.74, 6) is 0.225. The van der Waals surface area contributed by atoms with Crippen LogP contribution in [0.15, 0.2) is 47.6 Å². The maximum atomic E-state index is 13.7. The molecule has 1 aromatic heterocycles. The van der Waals surface area contributed by atoms with E-state index in [9.17, 15) is 4.39 Å². The molecule has 1 aromatic carbocycles. The molecule has 2 rings (SSSR count). The van der Waals surface area contributed by atoms with Crippen molar-refractivity contribution in [2.75, 3.05) is 13.6 Å².